The molecule has 116 valence electrons. The first-order valence-corrected chi connectivity index (χ1v) is 8.28. The third-order valence-electron chi connectivity index (χ3n) is 5.71. The first kappa shape index (κ1) is 15.8. The SMILES string of the molecule is CC(C)NCCCC(=O)NC1C2(C)CCC(C2)C1(C)C. The minimum Gasteiger partial charge on any atom is -0.352 e. The number of rotatable bonds is 6. The van der Waals surface area contributed by atoms with Crippen LogP contribution in [0.1, 0.15) is 66.7 Å². The van der Waals surface area contributed by atoms with Gasteiger partial charge in [-0.15, -0.1) is 0 Å². The molecule has 3 heteroatoms. The molecule has 0 aliphatic heterocycles. The van der Waals surface area contributed by atoms with Crippen molar-refractivity contribution in [2.45, 2.75) is 78.8 Å². The van der Waals surface area contributed by atoms with Crippen molar-refractivity contribution >= 4 is 5.91 Å². The summed E-state index contributed by atoms with van der Waals surface area (Å²) in [5, 5.41) is 6.73. The molecule has 0 aromatic rings. The minimum atomic E-state index is 0.238. The Hall–Kier alpha value is -0.570. The van der Waals surface area contributed by atoms with Crippen LogP contribution >= 0.6 is 0 Å². The van der Waals surface area contributed by atoms with Gasteiger partial charge in [0.25, 0.3) is 0 Å². The van der Waals surface area contributed by atoms with Crippen LogP contribution in [-0.4, -0.2) is 24.5 Å². The quantitative estimate of drug-likeness (QED) is 0.734. The maximum atomic E-state index is 12.2. The molecule has 0 spiro atoms. The van der Waals surface area contributed by atoms with E-state index in [0.717, 1.165) is 18.9 Å². The lowest BCUT2D eigenvalue weighted by atomic mass is 9.68. The number of fused-ring (bicyclic) bond motifs is 2. The lowest BCUT2D eigenvalue weighted by Gasteiger charge is -2.43. The highest BCUT2D eigenvalue weighted by Gasteiger charge is 2.59. The molecule has 2 bridgehead atoms. The molecule has 0 aromatic heterocycles. The van der Waals surface area contributed by atoms with E-state index in [1.165, 1.54) is 19.3 Å². The van der Waals surface area contributed by atoms with E-state index in [0.29, 0.717) is 23.9 Å². The van der Waals surface area contributed by atoms with Gasteiger partial charge in [0.05, 0.1) is 0 Å². The van der Waals surface area contributed by atoms with Gasteiger partial charge in [-0.1, -0.05) is 34.6 Å². The summed E-state index contributed by atoms with van der Waals surface area (Å²) in [5.74, 6) is 1.03. The van der Waals surface area contributed by atoms with Crippen LogP contribution in [0.5, 0.6) is 0 Å². The van der Waals surface area contributed by atoms with Crippen LogP contribution in [0, 0.1) is 16.7 Å². The second-order valence-corrected chi connectivity index (χ2v) is 8.13. The molecule has 1 amide bonds. The van der Waals surface area contributed by atoms with E-state index >= 15 is 0 Å². The molecule has 0 radical (unpaired) electrons. The van der Waals surface area contributed by atoms with E-state index in [2.05, 4.69) is 45.3 Å². The maximum absolute atomic E-state index is 12.2. The number of hydrogen-bond donors (Lipinski definition) is 2. The van der Waals surface area contributed by atoms with Gasteiger partial charge in [0.2, 0.25) is 5.91 Å². The predicted molar refractivity (Wildman–Crippen MR) is 83.5 cm³/mol. The summed E-state index contributed by atoms with van der Waals surface area (Å²) in [4.78, 5) is 12.2. The van der Waals surface area contributed by atoms with Crippen molar-refractivity contribution in [3.8, 4) is 0 Å². The van der Waals surface area contributed by atoms with Crippen molar-refractivity contribution < 1.29 is 4.79 Å². The summed E-state index contributed by atoms with van der Waals surface area (Å²) in [6.07, 6.45) is 5.49. The molecule has 0 saturated heterocycles. The highest BCUT2D eigenvalue weighted by molar-refractivity contribution is 5.76. The smallest absolute Gasteiger partial charge is 0.220 e. The van der Waals surface area contributed by atoms with Gasteiger partial charge in [0, 0.05) is 18.5 Å². The summed E-state index contributed by atoms with van der Waals surface area (Å²) in [6, 6.07) is 0.862. The second kappa shape index (κ2) is 5.67. The number of hydrogen-bond acceptors (Lipinski definition) is 2. The third kappa shape index (κ3) is 3.03. The van der Waals surface area contributed by atoms with Crippen molar-refractivity contribution in [2.75, 3.05) is 6.54 Å². The molecule has 3 unspecified atom stereocenters. The zero-order chi connectivity index (χ0) is 15.0. The van der Waals surface area contributed by atoms with Crippen LogP contribution in [0.25, 0.3) is 0 Å². The number of amides is 1. The van der Waals surface area contributed by atoms with Gasteiger partial charge in [-0.2, -0.15) is 0 Å². The van der Waals surface area contributed by atoms with E-state index in [-0.39, 0.29) is 11.3 Å². The molecule has 3 atom stereocenters. The fourth-order valence-corrected chi connectivity index (χ4v) is 4.54. The number of carbonyl (C=O) groups excluding carboxylic acids is 1. The Morgan fingerprint density at radius 3 is 2.55 bits per heavy atom. The van der Waals surface area contributed by atoms with E-state index in [1.54, 1.807) is 0 Å². The van der Waals surface area contributed by atoms with Crippen molar-refractivity contribution in [1.29, 1.82) is 0 Å². The molecule has 0 aromatic carbocycles. The Morgan fingerprint density at radius 2 is 2.00 bits per heavy atom. The second-order valence-electron chi connectivity index (χ2n) is 8.13. The summed E-state index contributed by atoms with van der Waals surface area (Å²) >= 11 is 0. The molecule has 3 nitrogen and oxygen atoms in total. The van der Waals surface area contributed by atoms with Gasteiger partial charge < -0.3 is 10.6 Å². The molecule has 2 saturated carbocycles. The van der Waals surface area contributed by atoms with Crippen LogP contribution in [0.4, 0.5) is 0 Å². The molecule has 2 aliphatic carbocycles. The van der Waals surface area contributed by atoms with Gasteiger partial charge >= 0.3 is 0 Å². The van der Waals surface area contributed by atoms with E-state index < -0.39 is 0 Å². The van der Waals surface area contributed by atoms with E-state index in [1.807, 2.05) is 0 Å². The highest BCUT2D eigenvalue weighted by atomic mass is 16.1. The Balaban J connectivity index is 1.82. The van der Waals surface area contributed by atoms with Gasteiger partial charge in [-0.3, -0.25) is 4.79 Å². The van der Waals surface area contributed by atoms with Crippen LogP contribution in [0.2, 0.25) is 0 Å². The van der Waals surface area contributed by atoms with Gasteiger partial charge in [0.15, 0.2) is 0 Å². The first-order valence-electron chi connectivity index (χ1n) is 8.28. The minimum absolute atomic E-state index is 0.238. The summed E-state index contributed by atoms with van der Waals surface area (Å²) < 4.78 is 0. The van der Waals surface area contributed by atoms with Crippen molar-refractivity contribution in [1.82, 2.24) is 10.6 Å². The lowest BCUT2D eigenvalue weighted by Crippen LogP contribution is -2.52. The fraction of sp³-hybridized carbons (Fsp3) is 0.941. The van der Waals surface area contributed by atoms with E-state index in [4.69, 9.17) is 0 Å². The van der Waals surface area contributed by atoms with Crippen molar-refractivity contribution in [2.24, 2.45) is 16.7 Å². The van der Waals surface area contributed by atoms with Gasteiger partial charge in [-0.25, -0.2) is 0 Å². The average Bonchev–Trinajstić information content (AvgIpc) is 2.81. The van der Waals surface area contributed by atoms with Crippen LogP contribution in [-0.2, 0) is 4.79 Å². The topological polar surface area (TPSA) is 41.1 Å². The predicted octanol–water partition coefficient (Wildman–Crippen LogP) is 3.10. The van der Waals surface area contributed by atoms with Crippen molar-refractivity contribution in [3.05, 3.63) is 0 Å². The van der Waals surface area contributed by atoms with Gasteiger partial charge in [-0.05, 0) is 49.0 Å². The zero-order valence-corrected chi connectivity index (χ0v) is 13.9. The molecule has 2 rings (SSSR count). The number of carbonyl (C=O) groups is 1. The van der Waals surface area contributed by atoms with Crippen molar-refractivity contribution in [3.63, 3.8) is 0 Å². The normalized spacial score (nSPS) is 34.7. The summed E-state index contributed by atoms with van der Waals surface area (Å²) in [5.41, 5.74) is 0.596. The summed E-state index contributed by atoms with van der Waals surface area (Å²) in [7, 11) is 0. The van der Waals surface area contributed by atoms with Gasteiger partial charge in [0.1, 0.15) is 0 Å². The molecular formula is C17H32N2O. The Kier molecular flexibility index (Phi) is 4.48. The molecule has 0 heterocycles. The number of nitrogens with one attached hydrogen (secondary N) is 2. The Labute approximate surface area is 124 Å². The Bertz CT molecular complexity index is 359. The molecular weight excluding hydrogens is 248 g/mol. The monoisotopic (exact) mass is 280 g/mol. The summed E-state index contributed by atoms with van der Waals surface area (Å²) in [6.45, 7) is 12.3. The molecule has 2 N–H and O–H groups in total. The largest absolute Gasteiger partial charge is 0.352 e. The standard InChI is InChI=1S/C17H32N2O/c1-12(2)18-10-6-7-14(20)19-15-16(3,4)13-8-9-17(15,5)11-13/h12-13,15,18H,6-11H2,1-5H3,(H,19,20). The molecule has 20 heavy (non-hydrogen) atoms. The molecule has 2 fully saturated rings. The highest BCUT2D eigenvalue weighted by Crippen LogP contribution is 2.62. The Morgan fingerprint density at radius 1 is 1.30 bits per heavy atom. The van der Waals surface area contributed by atoms with E-state index in [9.17, 15) is 4.79 Å². The first-order chi connectivity index (χ1) is 9.25. The third-order valence-corrected chi connectivity index (χ3v) is 5.71. The zero-order valence-electron chi connectivity index (χ0n) is 13.9. The average molecular weight is 280 g/mol. The van der Waals surface area contributed by atoms with Crippen LogP contribution < -0.4 is 10.6 Å². The van der Waals surface area contributed by atoms with Crippen LogP contribution in [0.3, 0.4) is 0 Å². The van der Waals surface area contributed by atoms with Crippen LogP contribution in [0.15, 0.2) is 0 Å². The molecule has 2 aliphatic rings. The lowest BCUT2D eigenvalue weighted by molar-refractivity contribution is -0.123. The maximum Gasteiger partial charge on any atom is 0.220 e. The fourth-order valence-electron chi connectivity index (χ4n) is 4.54.